The lowest BCUT2D eigenvalue weighted by molar-refractivity contribution is -0.134. The average Bonchev–Trinajstić information content (AvgIpc) is 2.64. The van der Waals surface area contributed by atoms with E-state index in [0.717, 1.165) is 18.5 Å². The molecule has 0 radical (unpaired) electrons. The monoisotopic (exact) mass is 293 g/mol. The summed E-state index contributed by atoms with van der Waals surface area (Å²) in [5.41, 5.74) is 7.08. The van der Waals surface area contributed by atoms with E-state index in [4.69, 9.17) is 15.2 Å². The minimum absolute atomic E-state index is 0.106. The number of likely N-dealkylation sites (tertiary alicyclic amines) is 1. The molecule has 6 heteroatoms. The summed E-state index contributed by atoms with van der Waals surface area (Å²) >= 11 is 0. The molecule has 6 nitrogen and oxygen atoms in total. The Labute approximate surface area is 125 Å². The zero-order valence-electron chi connectivity index (χ0n) is 12.6. The summed E-state index contributed by atoms with van der Waals surface area (Å²) in [5, 5.41) is 0. The number of carbonyl (C=O) groups excluding carboxylic acids is 1. The Balaban J connectivity index is 2.33. The third kappa shape index (κ3) is 3.71. The van der Waals surface area contributed by atoms with Gasteiger partial charge >= 0.3 is 0 Å². The fourth-order valence-corrected chi connectivity index (χ4v) is 2.72. The summed E-state index contributed by atoms with van der Waals surface area (Å²) in [6, 6.07) is 5.19. The van der Waals surface area contributed by atoms with Gasteiger partial charge in [-0.05, 0) is 18.9 Å². The predicted octanol–water partition coefficient (Wildman–Crippen LogP) is 1.12. The second-order valence-electron chi connectivity index (χ2n) is 5.19. The van der Waals surface area contributed by atoms with Gasteiger partial charge in [-0.2, -0.15) is 0 Å². The number of nitrogens with two attached hydrogens (primary N) is 1. The molecule has 2 heterocycles. The Morgan fingerprint density at radius 1 is 1.43 bits per heavy atom. The molecule has 1 saturated heterocycles. The highest BCUT2D eigenvalue weighted by atomic mass is 16.5. The molecule has 1 fully saturated rings. The van der Waals surface area contributed by atoms with Gasteiger partial charge in [0.05, 0.1) is 25.5 Å². The molecule has 1 aliphatic rings. The van der Waals surface area contributed by atoms with Gasteiger partial charge in [-0.3, -0.25) is 4.79 Å². The minimum atomic E-state index is -0.231. The van der Waals surface area contributed by atoms with Crippen LogP contribution in [0.1, 0.15) is 31.0 Å². The summed E-state index contributed by atoms with van der Waals surface area (Å²) in [7, 11) is 3.20. The normalized spacial score (nSPS) is 23.0. The van der Waals surface area contributed by atoms with Gasteiger partial charge in [-0.25, -0.2) is 4.98 Å². The topological polar surface area (TPSA) is 77.7 Å². The predicted molar refractivity (Wildman–Crippen MR) is 78.9 cm³/mol. The quantitative estimate of drug-likeness (QED) is 0.880. The van der Waals surface area contributed by atoms with Gasteiger partial charge < -0.3 is 20.1 Å². The molecule has 1 aliphatic heterocycles. The van der Waals surface area contributed by atoms with Crippen LogP contribution in [0.2, 0.25) is 0 Å². The number of ether oxygens (including phenoxy) is 2. The number of hydrogen-bond donors (Lipinski definition) is 1. The van der Waals surface area contributed by atoms with Crippen LogP contribution in [0.15, 0.2) is 18.2 Å². The molecule has 2 N–H and O–H groups in total. The van der Waals surface area contributed by atoms with Crippen LogP contribution in [-0.4, -0.2) is 49.2 Å². The lowest BCUT2D eigenvalue weighted by Gasteiger charge is -2.33. The summed E-state index contributed by atoms with van der Waals surface area (Å²) in [6.07, 6.45) is 2.14. The fraction of sp³-hybridized carbons (Fsp3) is 0.600. The van der Waals surface area contributed by atoms with Gasteiger partial charge in [0, 0.05) is 32.2 Å². The molecule has 21 heavy (non-hydrogen) atoms. The highest BCUT2D eigenvalue weighted by Crippen LogP contribution is 2.29. The molecule has 2 rings (SSSR count). The zero-order valence-corrected chi connectivity index (χ0v) is 12.6. The first-order valence-corrected chi connectivity index (χ1v) is 7.22. The SMILES string of the molecule is COCCN1C(=O)CCCC(N)C1c1cccc(OC)n1. The lowest BCUT2D eigenvalue weighted by atomic mass is 10.0. The van der Waals surface area contributed by atoms with Crippen molar-refractivity contribution >= 4 is 5.91 Å². The lowest BCUT2D eigenvalue weighted by Crippen LogP contribution is -2.44. The maximum atomic E-state index is 12.4. The first kappa shape index (κ1) is 15.7. The van der Waals surface area contributed by atoms with E-state index >= 15 is 0 Å². The molecule has 0 spiro atoms. The highest BCUT2D eigenvalue weighted by Gasteiger charge is 2.33. The first-order chi connectivity index (χ1) is 10.2. The second-order valence-corrected chi connectivity index (χ2v) is 5.19. The maximum absolute atomic E-state index is 12.4. The van der Waals surface area contributed by atoms with Gasteiger partial charge in [0.2, 0.25) is 11.8 Å². The van der Waals surface area contributed by atoms with Crippen molar-refractivity contribution in [1.82, 2.24) is 9.88 Å². The van der Waals surface area contributed by atoms with Crippen LogP contribution in [-0.2, 0) is 9.53 Å². The van der Waals surface area contributed by atoms with E-state index in [9.17, 15) is 4.79 Å². The summed E-state index contributed by atoms with van der Waals surface area (Å²) in [6.45, 7) is 1.01. The third-order valence-corrected chi connectivity index (χ3v) is 3.78. The number of methoxy groups -OCH3 is 2. The van der Waals surface area contributed by atoms with Crippen LogP contribution >= 0.6 is 0 Å². The summed E-state index contributed by atoms with van der Waals surface area (Å²) in [4.78, 5) is 18.6. The molecule has 1 aromatic rings. The van der Waals surface area contributed by atoms with E-state index in [1.165, 1.54) is 0 Å². The van der Waals surface area contributed by atoms with Crippen molar-refractivity contribution < 1.29 is 14.3 Å². The standard InChI is InChI=1S/C15H23N3O3/c1-20-10-9-18-14(19)8-3-5-11(16)15(18)12-6-4-7-13(17-12)21-2/h4,6-7,11,15H,3,5,8-10,16H2,1-2H3. The fourth-order valence-electron chi connectivity index (χ4n) is 2.72. The molecule has 0 aromatic carbocycles. The molecular formula is C15H23N3O3. The van der Waals surface area contributed by atoms with Crippen molar-refractivity contribution in [2.24, 2.45) is 5.73 Å². The first-order valence-electron chi connectivity index (χ1n) is 7.22. The van der Waals surface area contributed by atoms with E-state index < -0.39 is 0 Å². The number of amides is 1. The van der Waals surface area contributed by atoms with Crippen LogP contribution in [0, 0.1) is 0 Å². The van der Waals surface area contributed by atoms with Gasteiger partial charge in [0.15, 0.2) is 0 Å². The van der Waals surface area contributed by atoms with Gasteiger partial charge in [-0.15, -0.1) is 0 Å². The van der Waals surface area contributed by atoms with Crippen LogP contribution in [0.25, 0.3) is 0 Å². The van der Waals surface area contributed by atoms with E-state index in [2.05, 4.69) is 4.98 Å². The maximum Gasteiger partial charge on any atom is 0.223 e. The molecular weight excluding hydrogens is 270 g/mol. The Morgan fingerprint density at radius 3 is 2.95 bits per heavy atom. The zero-order chi connectivity index (χ0) is 15.2. The number of rotatable bonds is 5. The van der Waals surface area contributed by atoms with Crippen LogP contribution in [0.5, 0.6) is 5.88 Å². The van der Waals surface area contributed by atoms with Crippen molar-refractivity contribution in [3.05, 3.63) is 23.9 Å². The molecule has 116 valence electrons. The molecule has 2 atom stereocenters. The Hall–Kier alpha value is -1.66. The summed E-state index contributed by atoms with van der Waals surface area (Å²) < 4.78 is 10.3. The molecule has 1 aromatic heterocycles. The third-order valence-electron chi connectivity index (χ3n) is 3.78. The number of hydrogen-bond acceptors (Lipinski definition) is 5. The van der Waals surface area contributed by atoms with E-state index in [-0.39, 0.29) is 18.0 Å². The summed E-state index contributed by atoms with van der Waals surface area (Å²) in [5.74, 6) is 0.637. The van der Waals surface area contributed by atoms with E-state index in [1.807, 2.05) is 12.1 Å². The van der Waals surface area contributed by atoms with Crippen LogP contribution < -0.4 is 10.5 Å². The van der Waals surface area contributed by atoms with Crippen molar-refractivity contribution in [3.63, 3.8) is 0 Å². The van der Waals surface area contributed by atoms with Crippen molar-refractivity contribution in [1.29, 1.82) is 0 Å². The number of aromatic nitrogens is 1. The van der Waals surface area contributed by atoms with Crippen LogP contribution in [0.3, 0.4) is 0 Å². The number of pyridine rings is 1. The van der Waals surface area contributed by atoms with Crippen molar-refractivity contribution in [2.45, 2.75) is 31.3 Å². The molecule has 0 bridgehead atoms. The Kier molecular flexibility index (Phi) is 5.52. The van der Waals surface area contributed by atoms with E-state index in [1.54, 1.807) is 25.2 Å². The average molecular weight is 293 g/mol. The van der Waals surface area contributed by atoms with Gasteiger partial charge in [0.25, 0.3) is 0 Å². The number of carbonyl (C=O) groups is 1. The number of nitrogens with zero attached hydrogens (tertiary/aromatic N) is 2. The molecule has 2 unspecified atom stereocenters. The minimum Gasteiger partial charge on any atom is -0.481 e. The van der Waals surface area contributed by atoms with Crippen molar-refractivity contribution in [3.8, 4) is 5.88 Å². The van der Waals surface area contributed by atoms with E-state index in [0.29, 0.717) is 25.5 Å². The van der Waals surface area contributed by atoms with Gasteiger partial charge in [0.1, 0.15) is 0 Å². The molecule has 0 saturated carbocycles. The smallest absolute Gasteiger partial charge is 0.223 e. The highest BCUT2D eigenvalue weighted by molar-refractivity contribution is 5.77. The second kappa shape index (κ2) is 7.38. The molecule has 1 amide bonds. The van der Waals surface area contributed by atoms with Crippen molar-refractivity contribution in [2.75, 3.05) is 27.4 Å². The molecule has 0 aliphatic carbocycles. The van der Waals surface area contributed by atoms with Gasteiger partial charge in [-0.1, -0.05) is 6.07 Å². The largest absolute Gasteiger partial charge is 0.481 e. The Bertz CT molecular complexity index is 481. The Morgan fingerprint density at radius 2 is 2.24 bits per heavy atom. The van der Waals surface area contributed by atoms with Crippen LogP contribution in [0.4, 0.5) is 0 Å².